The summed E-state index contributed by atoms with van der Waals surface area (Å²) in [6.07, 6.45) is -4.67. The molecule has 0 saturated heterocycles. The third-order valence-electron chi connectivity index (χ3n) is 4.34. The molecule has 1 N–H and O–H groups in total. The minimum absolute atomic E-state index is 0.0507. The van der Waals surface area contributed by atoms with E-state index in [1.54, 1.807) is 24.3 Å². The predicted molar refractivity (Wildman–Crippen MR) is 116 cm³/mol. The number of amides is 1. The van der Waals surface area contributed by atoms with Crippen LogP contribution in [0.15, 0.2) is 53.7 Å². The number of halogens is 3. The molecule has 1 amide bonds. The Morgan fingerprint density at radius 3 is 2.31 bits per heavy atom. The number of aryl methyl sites for hydroxylation is 1. The van der Waals surface area contributed by atoms with Crippen LogP contribution < -0.4 is 14.8 Å². The molecule has 1 aromatic heterocycles. The van der Waals surface area contributed by atoms with Gasteiger partial charge in [-0.2, -0.15) is 13.2 Å². The monoisotopic (exact) mass is 463 g/mol. The molecule has 0 spiro atoms. The maximum atomic E-state index is 13.4. The fourth-order valence-corrected chi connectivity index (χ4v) is 3.40. The van der Waals surface area contributed by atoms with E-state index in [0.29, 0.717) is 22.7 Å². The van der Waals surface area contributed by atoms with Crippen molar-refractivity contribution in [1.82, 2.24) is 9.97 Å². The molecule has 1 heterocycles. The van der Waals surface area contributed by atoms with Crippen LogP contribution in [0.25, 0.3) is 11.3 Å². The van der Waals surface area contributed by atoms with Crippen molar-refractivity contribution in [3.05, 3.63) is 59.8 Å². The molecule has 2 aromatic carbocycles. The number of hydrogen-bond donors (Lipinski definition) is 1. The highest BCUT2D eigenvalue weighted by atomic mass is 32.2. The zero-order chi connectivity index (χ0) is 23.3. The van der Waals surface area contributed by atoms with E-state index in [9.17, 15) is 18.0 Å². The molecule has 0 bridgehead atoms. The molecule has 0 aliphatic rings. The standard InChI is InChI=1S/C22H20F3N3O3S/c1-13-4-7-15(8-5-13)26-20(29)12-32-21-27-16(11-19(28-21)22(23,24)25)14-6-9-17(30-2)18(10-14)31-3/h4-11H,12H2,1-3H3,(H,26,29). The molecule has 0 atom stereocenters. The Kier molecular flexibility index (Phi) is 7.24. The van der Waals surface area contributed by atoms with Crippen molar-refractivity contribution in [3.8, 4) is 22.8 Å². The number of methoxy groups -OCH3 is 2. The average Bonchev–Trinajstić information content (AvgIpc) is 2.78. The largest absolute Gasteiger partial charge is 0.493 e. The maximum Gasteiger partial charge on any atom is 0.433 e. The van der Waals surface area contributed by atoms with Crippen molar-refractivity contribution < 1.29 is 27.4 Å². The van der Waals surface area contributed by atoms with E-state index in [0.717, 1.165) is 23.4 Å². The highest BCUT2D eigenvalue weighted by Crippen LogP contribution is 2.35. The quantitative estimate of drug-likeness (QED) is 0.383. The van der Waals surface area contributed by atoms with Gasteiger partial charge in [-0.15, -0.1) is 0 Å². The number of benzene rings is 2. The summed E-state index contributed by atoms with van der Waals surface area (Å²) in [7, 11) is 2.89. The zero-order valence-corrected chi connectivity index (χ0v) is 18.3. The first-order valence-corrected chi connectivity index (χ1v) is 10.4. The van der Waals surface area contributed by atoms with Gasteiger partial charge in [-0.25, -0.2) is 9.97 Å². The molecule has 6 nitrogen and oxygen atoms in total. The summed E-state index contributed by atoms with van der Waals surface area (Å²) in [5, 5.41) is 2.53. The third-order valence-corrected chi connectivity index (χ3v) is 5.19. The lowest BCUT2D eigenvalue weighted by molar-refractivity contribution is -0.141. The van der Waals surface area contributed by atoms with Gasteiger partial charge in [-0.1, -0.05) is 29.5 Å². The number of hydrogen-bond acceptors (Lipinski definition) is 6. The summed E-state index contributed by atoms with van der Waals surface area (Å²) in [5.41, 5.74) is 0.976. The number of aromatic nitrogens is 2. The Bertz CT molecular complexity index is 1110. The van der Waals surface area contributed by atoms with Gasteiger partial charge in [0.15, 0.2) is 16.7 Å². The summed E-state index contributed by atoms with van der Waals surface area (Å²) < 4.78 is 50.7. The average molecular weight is 463 g/mol. The van der Waals surface area contributed by atoms with Crippen molar-refractivity contribution in [3.63, 3.8) is 0 Å². The van der Waals surface area contributed by atoms with Gasteiger partial charge >= 0.3 is 6.18 Å². The maximum absolute atomic E-state index is 13.4. The van der Waals surface area contributed by atoms with Crippen molar-refractivity contribution in [2.24, 2.45) is 0 Å². The van der Waals surface area contributed by atoms with Crippen molar-refractivity contribution >= 4 is 23.4 Å². The first-order chi connectivity index (χ1) is 15.2. The summed E-state index contributed by atoms with van der Waals surface area (Å²) in [5.74, 6) is 0.251. The van der Waals surface area contributed by atoms with Gasteiger partial charge in [0, 0.05) is 11.3 Å². The molecule has 0 aliphatic carbocycles. The summed E-state index contributed by atoms with van der Waals surface area (Å²) in [4.78, 5) is 20.0. The van der Waals surface area contributed by atoms with Crippen LogP contribution in [0.3, 0.4) is 0 Å². The molecule has 0 unspecified atom stereocenters. The molecule has 0 aliphatic heterocycles. The second-order valence-corrected chi connectivity index (χ2v) is 7.63. The van der Waals surface area contributed by atoms with Gasteiger partial charge in [0.05, 0.1) is 25.7 Å². The SMILES string of the molecule is COc1ccc(-c2cc(C(F)(F)F)nc(SCC(=O)Nc3ccc(C)cc3)n2)cc1OC. The summed E-state index contributed by atoms with van der Waals surface area (Å²) in [6, 6.07) is 12.7. The lowest BCUT2D eigenvalue weighted by Gasteiger charge is -2.12. The summed E-state index contributed by atoms with van der Waals surface area (Å²) >= 11 is 0.817. The van der Waals surface area contributed by atoms with Crippen molar-refractivity contribution in [1.29, 1.82) is 0 Å². The Morgan fingerprint density at radius 1 is 1.00 bits per heavy atom. The molecule has 0 saturated carbocycles. The Morgan fingerprint density at radius 2 is 1.69 bits per heavy atom. The van der Waals surface area contributed by atoms with Crippen LogP contribution in [0.5, 0.6) is 11.5 Å². The molecule has 0 fully saturated rings. The number of carbonyl (C=O) groups excluding carboxylic acids is 1. The van der Waals surface area contributed by atoms with Gasteiger partial charge in [0.1, 0.15) is 5.69 Å². The van der Waals surface area contributed by atoms with E-state index in [1.165, 1.54) is 20.3 Å². The van der Waals surface area contributed by atoms with Crippen molar-refractivity contribution in [2.75, 3.05) is 25.3 Å². The van der Waals surface area contributed by atoms with E-state index >= 15 is 0 Å². The minimum atomic E-state index is -4.67. The first kappa shape index (κ1) is 23.4. The second-order valence-electron chi connectivity index (χ2n) is 6.69. The van der Waals surface area contributed by atoms with E-state index < -0.39 is 11.9 Å². The highest BCUT2D eigenvalue weighted by molar-refractivity contribution is 7.99. The smallest absolute Gasteiger partial charge is 0.433 e. The Balaban J connectivity index is 1.84. The molecule has 3 aromatic rings. The molecular weight excluding hydrogens is 443 g/mol. The van der Waals surface area contributed by atoms with Crippen molar-refractivity contribution in [2.45, 2.75) is 18.3 Å². The van der Waals surface area contributed by atoms with Gasteiger partial charge in [-0.3, -0.25) is 4.79 Å². The number of nitrogens with zero attached hydrogens (tertiary/aromatic N) is 2. The number of ether oxygens (including phenoxy) is 2. The minimum Gasteiger partial charge on any atom is -0.493 e. The van der Waals surface area contributed by atoms with Gasteiger partial charge in [-0.05, 0) is 43.3 Å². The molecule has 0 radical (unpaired) electrons. The van der Waals surface area contributed by atoms with Crippen LogP contribution in [0, 0.1) is 6.92 Å². The highest BCUT2D eigenvalue weighted by Gasteiger charge is 2.34. The van der Waals surface area contributed by atoms with Crippen LogP contribution in [-0.2, 0) is 11.0 Å². The van der Waals surface area contributed by atoms with Crippen LogP contribution in [0.2, 0.25) is 0 Å². The lowest BCUT2D eigenvalue weighted by atomic mass is 10.1. The van der Waals surface area contributed by atoms with Gasteiger partial charge < -0.3 is 14.8 Å². The number of anilines is 1. The normalized spacial score (nSPS) is 11.2. The van der Waals surface area contributed by atoms with E-state index in [-0.39, 0.29) is 22.5 Å². The molecule has 3 rings (SSSR count). The predicted octanol–water partition coefficient (Wildman–Crippen LogP) is 5.22. The number of rotatable bonds is 7. The van der Waals surface area contributed by atoms with Crippen LogP contribution in [0.1, 0.15) is 11.3 Å². The molecule has 32 heavy (non-hydrogen) atoms. The lowest BCUT2D eigenvalue weighted by Crippen LogP contribution is -2.15. The number of nitrogens with one attached hydrogen (secondary N) is 1. The molecular formula is C22H20F3N3O3S. The Hall–Kier alpha value is -3.27. The fraction of sp³-hybridized carbons (Fsp3) is 0.227. The van der Waals surface area contributed by atoms with Crippen LogP contribution in [0.4, 0.5) is 18.9 Å². The molecule has 10 heteroatoms. The molecule has 168 valence electrons. The number of thioether (sulfide) groups is 1. The fourth-order valence-electron chi connectivity index (χ4n) is 2.74. The van der Waals surface area contributed by atoms with Gasteiger partial charge in [0.25, 0.3) is 0 Å². The van der Waals surface area contributed by atoms with E-state index in [4.69, 9.17) is 9.47 Å². The zero-order valence-electron chi connectivity index (χ0n) is 17.5. The first-order valence-electron chi connectivity index (χ1n) is 9.37. The van der Waals surface area contributed by atoms with Gasteiger partial charge in [0.2, 0.25) is 5.91 Å². The topological polar surface area (TPSA) is 73.3 Å². The summed E-state index contributed by atoms with van der Waals surface area (Å²) in [6.45, 7) is 1.92. The van der Waals surface area contributed by atoms with Crippen LogP contribution in [-0.4, -0.2) is 35.8 Å². The van der Waals surface area contributed by atoms with E-state index in [2.05, 4.69) is 15.3 Å². The van der Waals surface area contributed by atoms with E-state index in [1.807, 2.05) is 19.1 Å². The van der Waals surface area contributed by atoms with Crippen LogP contribution >= 0.6 is 11.8 Å². The number of carbonyl (C=O) groups is 1. The number of alkyl halides is 3. The Labute approximate surface area is 187 Å². The third kappa shape index (κ3) is 5.91. The second kappa shape index (κ2) is 9.90.